The monoisotopic (exact) mass is 412 g/mol. The van der Waals surface area contributed by atoms with Crippen molar-refractivity contribution in [2.24, 2.45) is 0 Å². The SMILES string of the molecule is COC(=O)c1cccc(Cc2c(-c3ccsc3)[nH]c3cc(OC)c(Cl)cc23)n1. The van der Waals surface area contributed by atoms with Crippen LogP contribution in [0.4, 0.5) is 0 Å². The van der Waals surface area contributed by atoms with E-state index in [2.05, 4.69) is 21.4 Å². The van der Waals surface area contributed by atoms with Gasteiger partial charge in [-0.3, -0.25) is 0 Å². The van der Waals surface area contributed by atoms with Gasteiger partial charge in [-0.05, 0) is 35.2 Å². The molecule has 142 valence electrons. The molecule has 0 fully saturated rings. The number of pyridine rings is 1. The maximum Gasteiger partial charge on any atom is 0.356 e. The number of hydrogen-bond donors (Lipinski definition) is 1. The zero-order valence-electron chi connectivity index (χ0n) is 15.3. The Labute approximate surface area is 170 Å². The summed E-state index contributed by atoms with van der Waals surface area (Å²) in [6.07, 6.45) is 0.540. The number of H-pyrrole nitrogens is 1. The van der Waals surface area contributed by atoms with Crippen LogP contribution < -0.4 is 4.74 Å². The average Bonchev–Trinajstić information content (AvgIpc) is 3.35. The van der Waals surface area contributed by atoms with Gasteiger partial charge in [-0.2, -0.15) is 11.3 Å². The van der Waals surface area contributed by atoms with Crippen LogP contribution in [-0.4, -0.2) is 30.2 Å². The number of ether oxygens (including phenoxy) is 2. The van der Waals surface area contributed by atoms with E-state index in [1.54, 1.807) is 24.5 Å². The molecule has 3 aromatic heterocycles. The van der Waals surface area contributed by atoms with Crippen molar-refractivity contribution >= 4 is 39.8 Å². The van der Waals surface area contributed by atoms with Crippen molar-refractivity contribution in [3.8, 4) is 17.0 Å². The molecule has 4 rings (SSSR count). The average molecular weight is 413 g/mol. The summed E-state index contributed by atoms with van der Waals surface area (Å²) in [4.78, 5) is 19.8. The van der Waals surface area contributed by atoms with Crippen molar-refractivity contribution in [1.29, 1.82) is 0 Å². The lowest BCUT2D eigenvalue weighted by molar-refractivity contribution is 0.0593. The van der Waals surface area contributed by atoms with Crippen LogP contribution in [-0.2, 0) is 11.2 Å². The molecular weight excluding hydrogens is 396 g/mol. The molecule has 1 aromatic carbocycles. The Balaban J connectivity index is 1.86. The number of methoxy groups -OCH3 is 2. The zero-order chi connectivity index (χ0) is 19.7. The van der Waals surface area contributed by atoms with Gasteiger partial charge in [0.2, 0.25) is 0 Å². The Morgan fingerprint density at radius 2 is 2.11 bits per heavy atom. The van der Waals surface area contributed by atoms with Crippen LogP contribution in [0.15, 0.2) is 47.2 Å². The molecule has 0 radical (unpaired) electrons. The summed E-state index contributed by atoms with van der Waals surface area (Å²) >= 11 is 8.02. The normalized spacial score (nSPS) is 11.0. The van der Waals surface area contributed by atoms with Gasteiger partial charge in [0.1, 0.15) is 11.4 Å². The zero-order valence-corrected chi connectivity index (χ0v) is 16.9. The van der Waals surface area contributed by atoms with Crippen LogP contribution in [0.5, 0.6) is 5.75 Å². The van der Waals surface area contributed by atoms with Gasteiger partial charge in [-0.15, -0.1) is 0 Å². The van der Waals surface area contributed by atoms with Gasteiger partial charge in [0.15, 0.2) is 0 Å². The minimum atomic E-state index is -0.452. The summed E-state index contributed by atoms with van der Waals surface area (Å²) < 4.78 is 10.1. The number of nitrogens with one attached hydrogen (secondary N) is 1. The third-order valence-electron chi connectivity index (χ3n) is 4.55. The molecule has 0 saturated carbocycles. The molecule has 0 aliphatic heterocycles. The maximum absolute atomic E-state index is 11.8. The van der Waals surface area contributed by atoms with Crippen LogP contribution in [0.2, 0.25) is 5.02 Å². The number of benzene rings is 1. The van der Waals surface area contributed by atoms with E-state index in [-0.39, 0.29) is 5.69 Å². The standard InChI is InChI=1S/C21H17ClN2O3S/c1-26-19-10-18-14(9-16(19)22)15(20(24-18)12-6-7-28-11-12)8-13-4-3-5-17(23-13)21(25)27-2/h3-7,9-11,24H,8H2,1-2H3. The Morgan fingerprint density at radius 1 is 1.25 bits per heavy atom. The summed E-state index contributed by atoms with van der Waals surface area (Å²) in [5.74, 6) is 0.163. The first kappa shape index (κ1) is 18.5. The molecule has 4 aromatic rings. The number of carbonyl (C=O) groups is 1. The Bertz CT molecular complexity index is 1150. The van der Waals surface area contributed by atoms with Crippen molar-refractivity contribution in [1.82, 2.24) is 9.97 Å². The maximum atomic E-state index is 11.8. The van der Waals surface area contributed by atoms with E-state index >= 15 is 0 Å². The van der Waals surface area contributed by atoms with Gasteiger partial charge in [0, 0.05) is 40.0 Å². The predicted octanol–water partition coefficient (Wildman–Crippen LogP) is 5.33. The second-order valence-corrected chi connectivity index (χ2v) is 7.39. The molecule has 0 atom stereocenters. The summed E-state index contributed by atoms with van der Waals surface area (Å²) in [7, 11) is 2.94. The fraction of sp³-hybridized carbons (Fsp3) is 0.143. The first-order valence-corrected chi connectivity index (χ1v) is 9.87. The predicted molar refractivity (Wildman–Crippen MR) is 112 cm³/mol. The number of hydrogen-bond acceptors (Lipinski definition) is 5. The van der Waals surface area contributed by atoms with Gasteiger partial charge in [0.05, 0.1) is 24.9 Å². The molecule has 7 heteroatoms. The van der Waals surface area contributed by atoms with Gasteiger partial charge >= 0.3 is 5.97 Å². The third-order valence-corrected chi connectivity index (χ3v) is 5.53. The summed E-state index contributed by atoms with van der Waals surface area (Å²) in [6.45, 7) is 0. The van der Waals surface area contributed by atoms with E-state index in [1.807, 2.05) is 29.6 Å². The quantitative estimate of drug-likeness (QED) is 0.450. The molecular formula is C21H17ClN2O3S. The van der Waals surface area contributed by atoms with Crippen molar-refractivity contribution < 1.29 is 14.3 Å². The van der Waals surface area contributed by atoms with E-state index < -0.39 is 5.97 Å². The highest BCUT2D eigenvalue weighted by atomic mass is 35.5. The van der Waals surface area contributed by atoms with Crippen LogP contribution in [0.1, 0.15) is 21.7 Å². The Morgan fingerprint density at radius 3 is 2.82 bits per heavy atom. The molecule has 0 spiro atoms. The van der Waals surface area contributed by atoms with Gasteiger partial charge < -0.3 is 14.5 Å². The van der Waals surface area contributed by atoms with E-state index in [9.17, 15) is 4.79 Å². The van der Waals surface area contributed by atoms with Crippen molar-refractivity contribution in [2.45, 2.75) is 6.42 Å². The smallest absolute Gasteiger partial charge is 0.356 e. The molecule has 0 aliphatic rings. The number of nitrogens with zero attached hydrogens (tertiary/aromatic N) is 1. The third kappa shape index (κ3) is 3.37. The van der Waals surface area contributed by atoms with Crippen molar-refractivity contribution in [3.63, 3.8) is 0 Å². The van der Waals surface area contributed by atoms with Gasteiger partial charge in [-0.1, -0.05) is 17.7 Å². The van der Waals surface area contributed by atoms with Gasteiger partial charge in [0.25, 0.3) is 0 Å². The van der Waals surface area contributed by atoms with Crippen molar-refractivity contribution in [3.05, 3.63) is 69.1 Å². The lowest BCUT2D eigenvalue weighted by Crippen LogP contribution is -2.06. The van der Waals surface area contributed by atoms with Crippen molar-refractivity contribution in [2.75, 3.05) is 14.2 Å². The molecule has 0 saturated heterocycles. The number of thiophene rings is 1. The highest BCUT2D eigenvalue weighted by Crippen LogP contribution is 2.37. The second-order valence-electron chi connectivity index (χ2n) is 6.21. The number of halogens is 1. The van der Waals surface area contributed by atoms with E-state index in [0.717, 1.165) is 33.4 Å². The fourth-order valence-electron chi connectivity index (χ4n) is 3.22. The van der Waals surface area contributed by atoms with Gasteiger partial charge in [-0.25, -0.2) is 9.78 Å². The number of aromatic nitrogens is 2. The first-order chi connectivity index (χ1) is 13.6. The fourth-order valence-corrected chi connectivity index (χ4v) is 4.11. The number of fused-ring (bicyclic) bond motifs is 1. The number of carbonyl (C=O) groups excluding carboxylic acids is 1. The largest absolute Gasteiger partial charge is 0.495 e. The van der Waals surface area contributed by atoms with E-state index in [4.69, 9.17) is 21.1 Å². The molecule has 1 N–H and O–H groups in total. The Kier molecular flexibility index (Phi) is 5.07. The molecule has 3 heterocycles. The lowest BCUT2D eigenvalue weighted by Gasteiger charge is -2.07. The topological polar surface area (TPSA) is 64.2 Å². The minimum Gasteiger partial charge on any atom is -0.495 e. The van der Waals surface area contributed by atoms with E-state index in [0.29, 0.717) is 17.2 Å². The Hall–Kier alpha value is -2.83. The minimum absolute atomic E-state index is 0.289. The lowest BCUT2D eigenvalue weighted by atomic mass is 10.0. The summed E-state index contributed by atoms with van der Waals surface area (Å²) in [6, 6.07) is 11.2. The van der Waals surface area contributed by atoms with Crippen LogP contribution >= 0.6 is 22.9 Å². The molecule has 0 aliphatic carbocycles. The van der Waals surface area contributed by atoms with E-state index in [1.165, 1.54) is 7.11 Å². The van der Waals surface area contributed by atoms with Crippen LogP contribution in [0.25, 0.3) is 22.2 Å². The molecule has 28 heavy (non-hydrogen) atoms. The summed E-state index contributed by atoms with van der Waals surface area (Å²) in [5.41, 5.74) is 5.15. The van der Waals surface area contributed by atoms with Crippen LogP contribution in [0.3, 0.4) is 0 Å². The number of aromatic amines is 1. The second kappa shape index (κ2) is 7.66. The van der Waals surface area contributed by atoms with Crippen LogP contribution in [0, 0.1) is 0 Å². The highest BCUT2D eigenvalue weighted by molar-refractivity contribution is 7.08. The number of esters is 1. The molecule has 0 unspecified atom stereocenters. The number of rotatable bonds is 5. The first-order valence-electron chi connectivity index (χ1n) is 8.55. The highest BCUT2D eigenvalue weighted by Gasteiger charge is 2.18. The molecule has 0 amide bonds. The summed E-state index contributed by atoms with van der Waals surface area (Å²) in [5, 5.41) is 5.67. The molecule has 5 nitrogen and oxygen atoms in total. The molecule has 0 bridgehead atoms.